The number of fused-ring (bicyclic) bond motifs is 1. The van der Waals surface area contributed by atoms with E-state index in [9.17, 15) is 14.4 Å². The Morgan fingerprint density at radius 2 is 1.69 bits per heavy atom. The molecular weight excluding hydrogens is 370 g/mol. The molecule has 3 aromatic rings. The van der Waals surface area contributed by atoms with E-state index in [4.69, 9.17) is 0 Å². The van der Waals surface area contributed by atoms with Crippen molar-refractivity contribution in [3.63, 3.8) is 0 Å². The number of para-hydroxylation sites is 1. The summed E-state index contributed by atoms with van der Waals surface area (Å²) in [7, 11) is 1.72. The third-order valence-electron chi connectivity index (χ3n) is 4.96. The first kappa shape index (κ1) is 20.3. The lowest BCUT2D eigenvalue weighted by Crippen LogP contribution is -2.43. The van der Waals surface area contributed by atoms with E-state index >= 15 is 0 Å². The number of likely N-dealkylation sites (N-methyl/N-ethyl adjacent to an activating group) is 1. The van der Waals surface area contributed by atoms with Gasteiger partial charge in [-0.05, 0) is 57.1 Å². The summed E-state index contributed by atoms with van der Waals surface area (Å²) in [6.07, 6.45) is 0. The summed E-state index contributed by atoms with van der Waals surface area (Å²) in [6, 6.07) is 10.4. The van der Waals surface area contributed by atoms with Crippen molar-refractivity contribution in [1.29, 1.82) is 0 Å². The molecular formula is C21H25N5O3. The first-order valence-corrected chi connectivity index (χ1v) is 9.34. The Balaban J connectivity index is 1.60. The second-order valence-corrected chi connectivity index (χ2v) is 7.23. The van der Waals surface area contributed by atoms with E-state index in [1.807, 2.05) is 32.0 Å². The molecule has 0 fully saturated rings. The van der Waals surface area contributed by atoms with Gasteiger partial charge in [0.15, 0.2) is 0 Å². The summed E-state index contributed by atoms with van der Waals surface area (Å²) in [6.45, 7) is 5.69. The molecule has 8 nitrogen and oxygen atoms in total. The number of aryl methyl sites for hydroxylation is 2. The van der Waals surface area contributed by atoms with Crippen LogP contribution in [0.15, 0.2) is 41.2 Å². The van der Waals surface area contributed by atoms with E-state index in [1.165, 1.54) is 0 Å². The first-order valence-electron chi connectivity index (χ1n) is 9.34. The molecule has 0 spiro atoms. The Hall–Kier alpha value is -3.39. The topological polar surface area (TPSA) is 110 Å². The number of rotatable bonds is 6. The van der Waals surface area contributed by atoms with Crippen molar-refractivity contribution >= 4 is 34.2 Å². The van der Waals surface area contributed by atoms with Crippen LogP contribution in [0.3, 0.4) is 0 Å². The highest BCUT2D eigenvalue weighted by atomic mass is 16.2. The van der Waals surface area contributed by atoms with Crippen LogP contribution in [0.25, 0.3) is 11.0 Å². The number of hydrogen-bond donors (Lipinski definition) is 4. The number of carbonyl (C=O) groups is 2. The third-order valence-corrected chi connectivity index (χ3v) is 4.96. The summed E-state index contributed by atoms with van der Waals surface area (Å²) >= 11 is 0. The van der Waals surface area contributed by atoms with Gasteiger partial charge >= 0.3 is 5.69 Å². The zero-order valence-corrected chi connectivity index (χ0v) is 16.9. The molecule has 29 heavy (non-hydrogen) atoms. The maximum atomic E-state index is 12.6. The highest BCUT2D eigenvalue weighted by molar-refractivity contribution is 5.97. The van der Waals surface area contributed by atoms with Crippen molar-refractivity contribution in [2.75, 3.05) is 24.2 Å². The highest BCUT2D eigenvalue weighted by Gasteiger charge is 2.21. The lowest BCUT2D eigenvalue weighted by atomic mass is 10.1. The summed E-state index contributed by atoms with van der Waals surface area (Å²) in [4.78, 5) is 43.4. The molecule has 0 saturated carbocycles. The molecule has 0 aliphatic heterocycles. The van der Waals surface area contributed by atoms with E-state index in [-0.39, 0.29) is 24.0 Å². The molecule has 0 bridgehead atoms. The van der Waals surface area contributed by atoms with Crippen molar-refractivity contribution in [2.45, 2.75) is 26.8 Å². The normalized spacial score (nSPS) is 12.2. The molecule has 152 valence electrons. The maximum Gasteiger partial charge on any atom is 0.323 e. The Bertz CT molecular complexity index is 1090. The Morgan fingerprint density at radius 1 is 1.03 bits per heavy atom. The van der Waals surface area contributed by atoms with Gasteiger partial charge < -0.3 is 20.6 Å². The Kier molecular flexibility index (Phi) is 5.84. The number of hydrogen-bond acceptors (Lipinski definition) is 4. The Labute approximate surface area is 168 Å². The predicted molar refractivity (Wildman–Crippen MR) is 114 cm³/mol. The van der Waals surface area contributed by atoms with Gasteiger partial charge in [-0.25, -0.2) is 4.79 Å². The average molecular weight is 395 g/mol. The van der Waals surface area contributed by atoms with Crippen LogP contribution in [0, 0.1) is 13.8 Å². The van der Waals surface area contributed by atoms with Crippen molar-refractivity contribution in [2.24, 2.45) is 0 Å². The fourth-order valence-electron chi connectivity index (χ4n) is 3.11. The molecule has 1 unspecified atom stereocenters. The number of H-pyrrole nitrogens is 2. The molecule has 4 N–H and O–H groups in total. The number of nitrogens with zero attached hydrogens (tertiary/aromatic N) is 1. The van der Waals surface area contributed by atoms with Crippen LogP contribution in [-0.2, 0) is 9.59 Å². The molecule has 2 amide bonds. The van der Waals surface area contributed by atoms with Crippen LogP contribution >= 0.6 is 0 Å². The van der Waals surface area contributed by atoms with Gasteiger partial charge in [-0.2, -0.15) is 0 Å². The van der Waals surface area contributed by atoms with Crippen LogP contribution in [-0.4, -0.2) is 46.3 Å². The van der Waals surface area contributed by atoms with E-state index in [0.717, 1.165) is 16.8 Å². The summed E-state index contributed by atoms with van der Waals surface area (Å²) in [5.41, 5.74) is 4.33. The molecule has 0 aliphatic rings. The highest BCUT2D eigenvalue weighted by Crippen LogP contribution is 2.19. The number of benzene rings is 2. The summed E-state index contributed by atoms with van der Waals surface area (Å²) < 4.78 is 0. The molecule has 0 saturated heterocycles. The second-order valence-electron chi connectivity index (χ2n) is 7.23. The molecule has 1 aromatic heterocycles. The predicted octanol–water partition coefficient (Wildman–Crippen LogP) is 2.37. The standard InChI is InChI=1S/C21H25N5O3/c1-12-6-5-7-13(2)19(12)25-18(27)11-26(4)14(3)20(28)22-15-8-9-16-17(10-15)24-21(29)23-16/h5-10,14H,11H2,1-4H3,(H,22,28)(H,25,27)(H2,23,24,29). The Morgan fingerprint density at radius 3 is 2.38 bits per heavy atom. The molecule has 0 aliphatic carbocycles. The van der Waals surface area contributed by atoms with Crippen LogP contribution in [0.4, 0.5) is 11.4 Å². The van der Waals surface area contributed by atoms with Gasteiger partial charge in [-0.3, -0.25) is 14.5 Å². The monoisotopic (exact) mass is 395 g/mol. The van der Waals surface area contributed by atoms with E-state index in [2.05, 4.69) is 20.6 Å². The van der Waals surface area contributed by atoms with Crippen molar-refractivity contribution in [3.05, 3.63) is 58.0 Å². The molecule has 3 rings (SSSR count). The molecule has 1 atom stereocenters. The van der Waals surface area contributed by atoms with Crippen molar-refractivity contribution in [3.8, 4) is 0 Å². The number of nitrogens with one attached hydrogen (secondary N) is 4. The molecule has 0 radical (unpaired) electrons. The minimum absolute atomic E-state index is 0.0759. The smallest absolute Gasteiger partial charge is 0.323 e. The third kappa shape index (κ3) is 4.72. The fourth-order valence-corrected chi connectivity index (χ4v) is 3.11. The van der Waals surface area contributed by atoms with Gasteiger partial charge in [0.2, 0.25) is 11.8 Å². The largest absolute Gasteiger partial charge is 0.325 e. The van der Waals surface area contributed by atoms with Gasteiger partial charge in [0.25, 0.3) is 0 Å². The fraction of sp³-hybridized carbons (Fsp3) is 0.286. The lowest BCUT2D eigenvalue weighted by Gasteiger charge is -2.23. The zero-order valence-electron chi connectivity index (χ0n) is 16.9. The van der Waals surface area contributed by atoms with Crippen LogP contribution < -0.4 is 16.3 Å². The first-order chi connectivity index (χ1) is 13.7. The second kappa shape index (κ2) is 8.32. The summed E-state index contributed by atoms with van der Waals surface area (Å²) in [5, 5.41) is 5.74. The molecule has 2 aromatic carbocycles. The van der Waals surface area contributed by atoms with Gasteiger partial charge in [0, 0.05) is 11.4 Å². The maximum absolute atomic E-state index is 12.6. The number of amides is 2. The summed E-state index contributed by atoms with van der Waals surface area (Å²) in [5.74, 6) is -0.430. The van der Waals surface area contributed by atoms with E-state index < -0.39 is 6.04 Å². The number of aromatic nitrogens is 2. The lowest BCUT2D eigenvalue weighted by molar-refractivity contribution is -0.122. The quantitative estimate of drug-likeness (QED) is 0.514. The van der Waals surface area contributed by atoms with Crippen molar-refractivity contribution in [1.82, 2.24) is 14.9 Å². The molecule has 1 heterocycles. The molecule has 8 heteroatoms. The average Bonchev–Trinajstić information content (AvgIpc) is 3.03. The number of carbonyl (C=O) groups excluding carboxylic acids is 2. The van der Waals surface area contributed by atoms with Gasteiger partial charge in [-0.1, -0.05) is 18.2 Å². The number of aromatic amines is 2. The van der Waals surface area contributed by atoms with Crippen LogP contribution in [0.2, 0.25) is 0 Å². The SMILES string of the molecule is Cc1cccc(C)c1NC(=O)CN(C)C(C)C(=O)Nc1ccc2[nH]c(=O)[nH]c2c1. The van der Waals surface area contributed by atoms with Crippen molar-refractivity contribution < 1.29 is 9.59 Å². The van der Waals surface area contributed by atoms with Gasteiger partial charge in [-0.15, -0.1) is 0 Å². The van der Waals surface area contributed by atoms with Gasteiger partial charge in [0.1, 0.15) is 0 Å². The van der Waals surface area contributed by atoms with Crippen LogP contribution in [0.1, 0.15) is 18.1 Å². The van der Waals surface area contributed by atoms with E-state index in [1.54, 1.807) is 37.1 Å². The van der Waals surface area contributed by atoms with Gasteiger partial charge in [0.05, 0.1) is 23.6 Å². The minimum atomic E-state index is -0.528. The zero-order chi connectivity index (χ0) is 21.1. The number of anilines is 2. The van der Waals surface area contributed by atoms with E-state index in [0.29, 0.717) is 16.7 Å². The minimum Gasteiger partial charge on any atom is -0.325 e. The number of imidazole rings is 1. The van der Waals surface area contributed by atoms with Crippen LogP contribution in [0.5, 0.6) is 0 Å².